The lowest BCUT2D eigenvalue weighted by Gasteiger charge is -2.13. The van der Waals surface area contributed by atoms with Crippen LogP contribution >= 0.6 is 0 Å². The average molecular weight is 180 g/mol. The first-order valence-corrected chi connectivity index (χ1v) is 4.51. The van der Waals surface area contributed by atoms with E-state index >= 15 is 0 Å². The van der Waals surface area contributed by atoms with Gasteiger partial charge in [-0.2, -0.15) is 0 Å². The van der Waals surface area contributed by atoms with Crippen molar-refractivity contribution in [3.8, 4) is 0 Å². The zero-order chi connectivity index (χ0) is 9.68. The summed E-state index contributed by atoms with van der Waals surface area (Å²) in [5.74, 6) is 0. The maximum absolute atomic E-state index is 9.67. The van der Waals surface area contributed by atoms with E-state index in [0.717, 1.165) is 5.56 Å². The van der Waals surface area contributed by atoms with Gasteiger partial charge >= 0.3 is 0 Å². The molecular formula is C10H16N2O. The van der Waals surface area contributed by atoms with Crippen molar-refractivity contribution in [2.24, 2.45) is 0 Å². The molecule has 2 N–H and O–H groups in total. The van der Waals surface area contributed by atoms with E-state index in [1.165, 1.54) is 0 Å². The molecule has 0 spiro atoms. The molecule has 1 atom stereocenters. The zero-order valence-electron chi connectivity index (χ0n) is 8.07. The van der Waals surface area contributed by atoms with Crippen molar-refractivity contribution in [2.45, 2.75) is 26.0 Å². The third kappa shape index (κ3) is 3.53. The summed E-state index contributed by atoms with van der Waals surface area (Å²) >= 11 is 0. The summed E-state index contributed by atoms with van der Waals surface area (Å²) < 4.78 is 0. The average Bonchev–Trinajstić information content (AvgIpc) is 2.15. The Balaban J connectivity index is 2.44. The van der Waals surface area contributed by atoms with E-state index < -0.39 is 6.10 Å². The summed E-state index contributed by atoms with van der Waals surface area (Å²) in [6, 6.07) is 4.10. The van der Waals surface area contributed by atoms with Gasteiger partial charge in [0, 0.05) is 30.5 Å². The number of aliphatic hydroxyl groups excluding tert-OH is 1. The van der Waals surface area contributed by atoms with Crippen molar-refractivity contribution in [1.82, 2.24) is 10.3 Å². The van der Waals surface area contributed by atoms with E-state index in [2.05, 4.69) is 24.1 Å². The molecule has 0 radical (unpaired) electrons. The second kappa shape index (κ2) is 4.94. The van der Waals surface area contributed by atoms with E-state index in [0.29, 0.717) is 12.6 Å². The molecule has 0 saturated heterocycles. The molecule has 0 aliphatic rings. The van der Waals surface area contributed by atoms with Crippen LogP contribution in [0.2, 0.25) is 0 Å². The molecule has 0 amide bonds. The fourth-order valence-corrected chi connectivity index (χ4v) is 1.04. The van der Waals surface area contributed by atoms with Crippen LogP contribution in [0.4, 0.5) is 0 Å². The summed E-state index contributed by atoms with van der Waals surface area (Å²) in [6.07, 6.45) is 2.93. The number of nitrogens with one attached hydrogen (secondary N) is 1. The second-order valence-corrected chi connectivity index (χ2v) is 3.37. The van der Waals surface area contributed by atoms with Gasteiger partial charge in [0.2, 0.25) is 0 Å². The van der Waals surface area contributed by atoms with Gasteiger partial charge in [-0.15, -0.1) is 0 Å². The molecule has 0 fully saturated rings. The molecule has 0 aliphatic carbocycles. The van der Waals surface area contributed by atoms with Gasteiger partial charge in [-0.3, -0.25) is 4.98 Å². The molecule has 0 bridgehead atoms. The highest BCUT2D eigenvalue weighted by molar-refractivity contribution is 5.11. The number of hydrogen-bond donors (Lipinski definition) is 2. The summed E-state index contributed by atoms with van der Waals surface area (Å²) in [5, 5.41) is 12.8. The molecular weight excluding hydrogens is 164 g/mol. The SMILES string of the molecule is CC(C)NCC(O)c1cccnc1. The number of nitrogens with zero attached hydrogens (tertiary/aromatic N) is 1. The highest BCUT2D eigenvalue weighted by Crippen LogP contribution is 2.08. The minimum Gasteiger partial charge on any atom is -0.387 e. The van der Waals surface area contributed by atoms with Crippen LogP contribution < -0.4 is 5.32 Å². The van der Waals surface area contributed by atoms with Crippen LogP contribution in [0.25, 0.3) is 0 Å². The Hall–Kier alpha value is -0.930. The minimum atomic E-state index is -0.462. The van der Waals surface area contributed by atoms with E-state index in [1.807, 2.05) is 12.1 Å². The van der Waals surface area contributed by atoms with E-state index in [4.69, 9.17) is 0 Å². The van der Waals surface area contributed by atoms with Gasteiger partial charge in [0.15, 0.2) is 0 Å². The predicted octanol–water partition coefficient (Wildman–Crippen LogP) is 1.11. The van der Waals surface area contributed by atoms with Crippen molar-refractivity contribution < 1.29 is 5.11 Å². The summed E-state index contributed by atoms with van der Waals surface area (Å²) in [5.41, 5.74) is 0.857. The maximum Gasteiger partial charge on any atom is 0.0929 e. The van der Waals surface area contributed by atoms with Crippen LogP contribution in [0.5, 0.6) is 0 Å². The Morgan fingerprint density at radius 2 is 2.31 bits per heavy atom. The lowest BCUT2D eigenvalue weighted by molar-refractivity contribution is 0.171. The summed E-state index contributed by atoms with van der Waals surface area (Å²) in [6.45, 7) is 4.68. The smallest absolute Gasteiger partial charge is 0.0929 e. The van der Waals surface area contributed by atoms with Gasteiger partial charge in [-0.05, 0) is 6.07 Å². The molecule has 3 heteroatoms. The van der Waals surface area contributed by atoms with Gasteiger partial charge in [-0.1, -0.05) is 19.9 Å². The Morgan fingerprint density at radius 3 is 2.85 bits per heavy atom. The zero-order valence-corrected chi connectivity index (χ0v) is 8.07. The molecule has 72 valence electrons. The lowest BCUT2D eigenvalue weighted by Crippen LogP contribution is -2.27. The van der Waals surface area contributed by atoms with Gasteiger partial charge < -0.3 is 10.4 Å². The summed E-state index contributed by atoms with van der Waals surface area (Å²) in [4.78, 5) is 3.95. The van der Waals surface area contributed by atoms with Crippen LogP contribution in [-0.2, 0) is 0 Å². The highest BCUT2D eigenvalue weighted by Gasteiger charge is 2.06. The number of rotatable bonds is 4. The Kier molecular flexibility index (Phi) is 3.86. The lowest BCUT2D eigenvalue weighted by atomic mass is 10.1. The van der Waals surface area contributed by atoms with Crippen LogP contribution in [0.15, 0.2) is 24.5 Å². The molecule has 1 unspecified atom stereocenters. The largest absolute Gasteiger partial charge is 0.387 e. The Morgan fingerprint density at radius 1 is 1.54 bits per heavy atom. The van der Waals surface area contributed by atoms with E-state index in [1.54, 1.807) is 12.4 Å². The van der Waals surface area contributed by atoms with Crippen LogP contribution in [-0.4, -0.2) is 22.7 Å². The minimum absolute atomic E-state index is 0.395. The van der Waals surface area contributed by atoms with Crippen LogP contribution in [0.3, 0.4) is 0 Å². The molecule has 0 aliphatic heterocycles. The Labute approximate surface area is 78.8 Å². The van der Waals surface area contributed by atoms with Gasteiger partial charge in [-0.25, -0.2) is 0 Å². The molecule has 1 heterocycles. The fourth-order valence-electron chi connectivity index (χ4n) is 1.04. The van der Waals surface area contributed by atoms with Crippen molar-refractivity contribution in [3.05, 3.63) is 30.1 Å². The third-order valence-electron chi connectivity index (χ3n) is 1.79. The normalized spacial score (nSPS) is 13.2. The molecule has 3 nitrogen and oxygen atoms in total. The Bertz CT molecular complexity index is 236. The molecule has 0 saturated carbocycles. The monoisotopic (exact) mass is 180 g/mol. The van der Waals surface area contributed by atoms with Gasteiger partial charge in [0.05, 0.1) is 6.10 Å². The van der Waals surface area contributed by atoms with E-state index in [-0.39, 0.29) is 0 Å². The quantitative estimate of drug-likeness (QED) is 0.729. The van der Waals surface area contributed by atoms with Crippen molar-refractivity contribution in [1.29, 1.82) is 0 Å². The highest BCUT2D eigenvalue weighted by atomic mass is 16.3. The van der Waals surface area contributed by atoms with Crippen molar-refractivity contribution >= 4 is 0 Å². The molecule has 1 aromatic rings. The van der Waals surface area contributed by atoms with Crippen molar-refractivity contribution in [3.63, 3.8) is 0 Å². The van der Waals surface area contributed by atoms with Crippen LogP contribution in [0, 0.1) is 0 Å². The maximum atomic E-state index is 9.67. The summed E-state index contributed by atoms with van der Waals surface area (Å²) in [7, 11) is 0. The number of hydrogen-bond acceptors (Lipinski definition) is 3. The number of pyridine rings is 1. The first kappa shape index (κ1) is 10.2. The van der Waals surface area contributed by atoms with Crippen LogP contribution in [0.1, 0.15) is 25.5 Å². The predicted molar refractivity (Wildman–Crippen MR) is 52.3 cm³/mol. The van der Waals surface area contributed by atoms with Gasteiger partial charge in [0.25, 0.3) is 0 Å². The van der Waals surface area contributed by atoms with Gasteiger partial charge in [0.1, 0.15) is 0 Å². The first-order valence-electron chi connectivity index (χ1n) is 4.51. The molecule has 1 rings (SSSR count). The van der Waals surface area contributed by atoms with E-state index in [9.17, 15) is 5.11 Å². The number of aliphatic hydroxyl groups is 1. The topological polar surface area (TPSA) is 45.1 Å². The second-order valence-electron chi connectivity index (χ2n) is 3.37. The first-order chi connectivity index (χ1) is 6.20. The van der Waals surface area contributed by atoms with Crippen molar-refractivity contribution in [2.75, 3.05) is 6.54 Å². The standard InChI is InChI=1S/C10H16N2O/c1-8(2)12-7-10(13)9-4-3-5-11-6-9/h3-6,8,10,12-13H,7H2,1-2H3. The third-order valence-corrected chi connectivity index (χ3v) is 1.79. The molecule has 0 aromatic carbocycles. The molecule has 1 aromatic heterocycles. The number of aromatic nitrogens is 1. The fraction of sp³-hybridized carbons (Fsp3) is 0.500. The molecule has 13 heavy (non-hydrogen) atoms.